The first-order valence-electron chi connectivity index (χ1n) is 12.4. The third-order valence-electron chi connectivity index (χ3n) is 6.26. The molecule has 0 bridgehead atoms. The number of rotatable bonds is 10. The van der Waals surface area contributed by atoms with E-state index in [0.717, 1.165) is 41.1 Å². The molecule has 1 amide bonds. The topological polar surface area (TPSA) is 56.2 Å². The van der Waals surface area contributed by atoms with E-state index in [0.29, 0.717) is 31.1 Å². The first-order chi connectivity index (χ1) is 16.9. The summed E-state index contributed by atoms with van der Waals surface area (Å²) < 4.78 is 8.47. The summed E-state index contributed by atoms with van der Waals surface area (Å²) in [5.41, 5.74) is 6.37. The fourth-order valence-corrected chi connectivity index (χ4v) is 4.31. The summed E-state index contributed by atoms with van der Waals surface area (Å²) in [7, 11) is 0. The van der Waals surface area contributed by atoms with Gasteiger partial charge < -0.3 is 14.6 Å². The molecule has 0 aliphatic carbocycles. The van der Waals surface area contributed by atoms with Gasteiger partial charge in [0.15, 0.2) is 0 Å². The van der Waals surface area contributed by atoms with Crippen LogP contribution in [0.2, 0.25) is 0 Å². The number of carbonyl (C=O) groups excluding carboxylic acids is 1. The van der Waals surface area contributed by atoms with Gasteiger partial charge in [-0.05, 0) is 67.6 Å². The van der Waals surface area contributed by atoms with Crippen LogP contribution in [0.25, 0.3) is 11.0 Å². The molecule has 3 aromatic carbocycles. The number of carbonyl (C=O) groups is 1. The molecule has 0 saturated heterocycles. The molecule has 35 heavy (non-hydrogen) atoms. The summed E-state index contributed by atoms with van der Waals surface area (Å²) in [5.74, 6) is 2.33. The average molecular weight is 470 g/mol. The SMILES string of the molecule is Cc1ccc(C(=O)NCCc2nc3ccccc3n2CCCOc2cc(C)ccc2C(C)C)cc1. The maximum Gasteiger partial charge on any atom is 0.251 e. The summed E-state index contributed by atoms with van der Waals surface area (Å²) in [6.45, 7) is 10.5. The lowest BCUT2D eigenvalue weighted by Gasteiger charge is -2.15. The van der Waals surface area contributed by atoms with Crippen LogP contribution in [0, 0.1) is 13.8 Å². The molecule has 1 aromatic heterocycles. The molecule has 4 rings (SSSR count). The molecule has 0 aliphatic rings. The number of amides is 1. The number of nitrogens with zero attached hydrogens (tertiary/aromatic N) is 2. The number of imidazole rings is 1. The third-order valence-corrected chi connectivity index (χ3v) is 6.26. The first-order valence-corrected chi connectivity index (χ1v) is 12.4. The van der Waals surface area contributed by atoms with Crippen LogP contribution in [0.3, 0.4) is 0 Å². The van der Waals surface area contributed by atoms with Crippen LogP contribution in [0.1, 0.15) is 59.1 Å². The van der Waals surface area contributed by atoms with Gasteiger partial charge in [-0.2, -0.15) is 0 Å². The molecule has 5 heteroatoms. The lowest BCUT2D eigenvalue weighted by Crippen LogP contribution is -2.26. The first kappa shape index (κ1) is 24.5. The third kappa shape index (κ3) is 6.10. The number of fused-ring (bicyclic) bond motifs is 1. The van der Waals surface area contributed by atoms with Crippen molar-refractivity contribution in [3.8, 4) is 5.75 Å². The van der Waals surface area contributed by atoms with Gasteiger partial charge in [-0.1, -0.05) is 55.8 Å². The second-order valence-corrected chi connectivity index (χ2v) is 9.44. The van der Waals surface area contributed by atoms with Crippen molar-refractivity contribution >= 4 is 16.9 Å². The Hall–Kier alpha value is -3.60. The highest BCUT2D eigenvalue weighted by molar-refractivity contribution is 5.94. The van der Waals surface area contributed by atoms with E-state index >= 15 is 0 Å². The number of nitrogens with one attached hydrogen (secondary N) is 1. The minimum Gasteiger partial charge on any atom is -0.493 e. The highest BCUT2D eigenvalue weighted by Gasteiger charge is 2.12. The average Bonchev–Trinajstić information content (AvgIpc) is 3.19. The Morgan fingerprint density at radius 1 is 1.00 bits per heavy atom. The van der Waals surface area contributed by atoms with E-state index in [9.17, 15) is 4.79 Å². The molecule has 0 aliphatic heterocycles. The maximum absolute atomic E-state index is 12.5. The smallest absolute Gasteiger partial charge is 0.251 e. The van der Waals surface area contributed by atoms with Crippen LogP contribution >= 0.6 is 0 Å². The largest absolute Gasteiger partial charge is 0.493 e. The van der Waals surface area contributed by atoms with Crippen molar-refractivity contribution in [3.05, 3.63) is 94.8 Å². The molecule has 5 nitrogen and oxygen atoms in total. The number of hydrogen-bond donors (Lipinski definition) is 1. The second-order valence-electron chi connectivity index (χ2n) is 9.44. The van der Waals surface area contributed by atoms with Gasteiger partial charge >= 0.3 is 0 Å². The molecule has 0 radical (unpaired) electrons. The van der Waals surface area contributed by atoms with Gasteiger partial charge in [-0.25, -0.2) is 4.98 Å². The Kier molecular flexibility index (Phi) is 7.86. The van der Waals surface area contributed by atoms with E-state index < -0.39 is 0 Å². The van der Waals surface area contributed by atoms with Crippen molar-refractivity contribution in [2.75, 3.05) is 13.2 Å². The van der Waals surface area contributed by atoms with Crippen molar-refractivity contribution < 1.29 is 9.53 Å². The van der Waals surface area contributed by atoms with Crippen LogP contribution in [0.15, 0.2) is 66.7 Å². The van der Waals surface area contributed by atoms with E-state index in [-0.39, 0.29) is 5.91 Å². The molecule has 0 unspecified atom stereocenters. The van der Waals surface area contributed by atoms with Crippen LogP contribution in [0.5, 0.6) is 5.75 Å². The van der Waals surface area contributed by atoms with Gasteiger partial charge in [0.1, 0.15) is 11.6 Å². The summed E-state index contributed by atoms with van der Waals surface area (Å²) in [5, 5.41) is 3.03. The van der Waals surface area contributed by atoms with Crippen molar-refractivity contribution in [1.29, 1.82) is 0 Å². The Bertz CT molecular complexity index is 1290. The van der Waals surface area contributed by atoms with E-state index in [1.807, 2.05) is 49.4 Å². The molecular weight excluding hydrogens is 434 g/mol. The highest BCUT2D eigenvalue weighted by atomic mass is 16.5. The Morgan fingerprint density at radius 2 is 1.74 bits per heavy atom. The summed E-state index contributed by atoms with van der Waals surface area (Å²) in [4.78, 5) is 17.3. The van der Waals surface area contributed by atoms with Crippen molar-refractivity contribution in [3.63, 3.8) is 0 Å². The number of para-hydroxylation sites is 2. The summed E-state index contributed by atoms with van der Waals surface area (Å²) in [6.07, 6.45) is 1.54. The van der Waals surface area contributed by atoms with Crippen LogP contribution in [0.4, 0.5) is 0 Å². The van der Waals surface area contributed by atoms with E-state index in [1.54, 1.807) is 0 Å². The molecular formula is C30H35N3O2. The van der Waals surface area contributed by atoms with Crippen molar-refractivity contribution in [2.24, 2.45) is 0 Å². The minimum absolute atomic E-state index is 0.0554. The predicted molar refractivity (Wildman–Crippen MR) is 142 cm³/mol. The van der Waals surface area contributed by atoms with E-state index in [1.165, 1.54) is 11.1 Å². The second kappa shape index (κ2) is 11.2. The van der Waals surface area contributed by atoms with Crippen LogP contribution < -0.4 is 10.1 Å². The van der Waals surface area contributed by atoms with Gasteiger partial charge in [-0.15, -0.1) is 0 Å². The van der Waals surface area contributed by atoms with Crippen LogP contribution in [-0.4, -0.2) is 28.6 Å². The summed E-state index contributed by atoms with van der Waals surface area (Å²) in [6, 6.07) is 22.3. The predicted octanol–water partition coefficient (Wildman–Crippen LogP) is 6.22. The highest BCUT2D eigenvalue weighted by Crippen LogP contribution is 2.27. The van der Waals surface area contributed by atoms with Gasteiger partial charge in [0.25, 0.3) is 5.91 Å². The lowest BCUT2D eigenvalue weighted by atomic mass is 10.0. The molecule has 0 atom stereocenters. The van der Waals surface area contributed by atoms with Gasteiger partial charge in [-0.3, -0.25) is 4.79 Å². The standard InChI is InChI=1S/C30H35N3O2/c1-21(2)25-15-12-23(4)20-28(25)35-19-7-18-33-27-9-6-5-8-26(27)32-29(33)16-17-31-30(34)24-13-10-22(3)11-14-24/h5-6,8-15,20-21H,7,16-19H2,1-4H3,(H,31,34). The van der Waals surface area contributed by atoms with Gasteiger partial charge in [0.05, 0.1) is 17.6 Å². The molecule has 1 N–H and O–H groups in total. The molecule has 0 saturated carbocycles. The number of aromatic nitrogens is 2. The van der Waals surface area contributed by atoms with Crippen LogP contribution in [-0.2, 0) is 13.0 Å². The number of hydrogen-bond acceptors (Lipinski definition) is 3. The van der Waals surface area contributed by atoms with E-state index in [2.05, 4.69) is 54.9 Å². The molecule has 182 valence electrons. The zero-order chi connectivity index (χ0) is 24.8. The van der Waals surface area contributed by atoms with Gasteiger partial charge in [0.2, 0.25) is 0 Å². The van der Waals surface area contributed by atoms with Crippen molar-refractivity contribution in [2.45, 2.75) is 53.0 Å². The number of ether oxygens (including phenoxy) is 1. The normalized spacial score (nSPS) is 11.2. The Labute approximate surface area is 208 Å². The molecule has 4 aromatic rings. The lowest BCUT2D eigenvalue weighted by molar-refractivity contribution is 0.0954. The van der Waals surface area contributed by atoms with E-state index in [4.69, 9.17) is 9.72 Å². The fraction of sp³-hybridized carbons (Fsp3) is 0.333. The zero-order valence-corrected chi connectivity index (χ0v) is 21.2. The fourth-order valence-electron chi connectivity index (χ4n) is 4.31. The minimum atomic E-state index is -0.0554. The number of benzene rings is 3. The maximum atomic E-state index is 12.5. The molecule has 0 fully saturated rings. The Balaban J connectivity index is 1.39. The monoisotopic (exact) mass is 469 g/mol. The quantitative estimate of drug-likeness (QED) is 0.281. The summed E-state index contributed by atoms with van der Waals surface area (Å²) >= 11 is 0. The molecule has 0 spiro atoms. The molecule has 1 heterocycles. The Morgan fingerprint density at radius 3 is 2.51 bits per heavy atom. The zero-order valence-electron chi connectivity index (χ0n) is 21.2. The number of aryl methyl sites for hydroxylation is 3. The van der Waals surface area contributed by atoms with Gasteiger partial charge in [0, 0.05) is 25.1 Å². The van der Waals surface area contributed by atoms with Crippen molar-refractivity contribution in [1.82, 2.24) is 14.9 Å².